The number of aromatic nitrogens is 1. The predicted octanol–water partition coefficient (Wildman–Crippen LogP) is 2.06. The number of rotatable bonds is 4. The van der Waals surface area contributed by atoms with Crippen LogP contribution in [0.25, 0.3) is 0 Å². The van der Waals surface area contributed by atoms with Gasteiger partial charge in [0, 0.05) is 18.8 Å². The van der Waals surface area contributed by atoms with Crippen molar-refractivity contribution in [1.82, 2.24) is 9.29 Å². The van der Waals surface area contributed by atoms with Crippen molar-refractivity contribution >= 4 is 10.0 Å². The minimum absolute atomic E-state index is 0.0902. The summed E-state index contributed by atoms with van der Waals surface area (Å²) < 4.78 is 44.9. The molecule has 0 radical (unpaired) electrons. The molecule has 3 rings (SSSR count). The van der Waals surface area contributed by atoms with Gasteiger partial charge in [0.2, 0.25) is 15.9 Å². The van der Waals surface area contributed by atoms with E-state index < -0.39 is 15.8 Å². The Hall–Kier alpha value is -1.99. The quantitative estimate of drug-likeness (QED) is 0.864. The first kappa shape index (κ1) is 14.9. The lowest BCUT2D eigenvalue weighted by Crippen LogP contribution is -2.31. The monoisotopic (exact) mass is 322 g/mol. The standard InChI is InChI=1S/C15H15FN2O3S/c16-12-4-6-14(7-5-12)22(19,20)18-10-8-13(11-18)21-15-3-1-2-9-17-15/h1-7,9,13H,8,10-11H2. The van der Waals surface area contributed by atoms with E-state index in [0.29, 0.717) is 18.8 Å². The van der Waals surface area contributed by atoms with Gasteiger partial charge in [-0.25, -0.2) is 17.8 Å². The summed E-state index contributed by atoms with van der Waals surface area (Å²) >= 11 is 0. The lowest BCUT2D eigenvalue weighted by Gasteiger charge is -2.17. The van der Waals surface area contributed by atoms with Crippen LogP contribution in [0.3, 0.4) is 0 Å². The molecular weight excluding hydrogens is 307 g/mol. The van der Waals surface area contributed by atoms with Gasteiger partial charge in [0.1, 0.15) is 11.9 Å². The van der Waals surface area contributed by atoms with Gasteiger partial charge in [-0.05, 0) is 36.8 Å². The SMILES string of the molecule is O=S(=O)(c1ccc(F)cc1)N1CCC(Oc2ccccn2)C1. The maximum atomic E-state index is 12.9. The Labute approximate surface area is 128 Å². The van der Waals surface area contributed by atoms with E-state index in [2.05, 4.69) is 4.98 Å². The van der Waals surface area contributed by atoms with Gasteiger partial charge < -0.3 is 4.74 Å². The number of benzene rings is 1. The Kier molecular flexibility index (Phi) is 4.08. The molecule has 1 aliphatic rings. The van der Waals surface area contributed by atoms with E-state index in [1.807, 2.05) is 6.07 Å². The Balaban J connectivity index is 1.70. The first-order chi connectivity index (χ1) is 10.6. The summed E-state index contributed by atoms with van der Waals surface area (Å²) in [5.74, 6) is 0.0188. The van der Waals surface area contributed by atoms with Crippen molar-refractivity contribution in [2.45, 2.75) is 17.4 Å². The molecule has 0 amide bonds. The van der Waals surface area contributed by atoms with Gasteiger partial charge in [-0.15, -0.1) is 0 Å². The fourth-order valence-electron chi connectivity index (χ4n) is 2.36. The van der Waals surface area contributed by atoms with Gasteiger partial charge in [0.05, 0.1) is 11.4 Å². The van der Waals surface area contributed by atoms with E-state index in [4.69, 9.17) is 4.74 Å². The molecule has 0 spiro atoms. The van der Waals surface area contributed by atoms with E-state index >= 15 is 0 Å². The molecule has 1 aromatic heterocycles. The van der Waals surface area contributed by atoms with Crippen LogP contribution in [0.1, 0.15) is 6.42 Å². The van der Waals surface area contributed by atoms with Gasteiger partial charge in [0.15, 0.2) is 0 Å². The highest BCUT2D eigenvalue weighted by atomic mass is 32.2. The molecule has 116 valence electrons. The Morgan fingerprint density at radius 2 is 1.95 bits per heavy atom. The van der Waals surface area contributed by atoms with E-state index in [-0.39, 0.29) is 17.5 Å². The maximum Gasteiger partial charge on any atom is 0.243 e. The second-order valence-electron chi connectivity index (χ2n) is 5.01. The topological polar surface area (TPSA) is 59.5 Å². The van der Waals surface area contributed by atoms with E-state index in [1.54, 1.807) is 18.3 Å². The van der Waals surface area contributed by atoms with Crippen LogP contribution in [0.4, 0.5) is 4.39 Å². The van der Waals surface area contributed by atoms with Crippen LogP contribution in [0.15, 0.2) is 53.6 Å². The summed E-state index contributed by atoms with van der Waals surface area (Å²) in [7, 11) is -3.61. The number of halogens is 1. The van der Waals surface area contributed by atoms with Crippen LogP contribution in [-0.4, -0.2) is 36.9 Å². The number of nitrogens with zero attached hydrogens (tertiary/aromatic N) is 2. The van der Waals surface area contributed by atoms with Crippen LogP contribution < -0.4 is 4.74 Å². The Bertz CT molecular complexity index is 735. The predicted molar refractivity (Wildman–Crippen MR) is 78.4 cm³/mol. The molecule has 22 heavy (non-hydrogen) atoms. The summed E-state index contributed by atoms with van der Waals surface area (Å²) in [6.07, 6.45) is 1.99. The van der Waals surface area contributed by atoms with E-state index in [1.165, 1.54) is 16.4 Å². The minimum Gasteiger partial charge on any atom is -0.473 e. The van der Waals surface area contributed by atoms with Gasteiger partial charge in [-0.3, -0.25) is 0 Å². The van der Waals surface area contributed by atoms with Crippen molar-refractivity contribution in [3.63, 3.8) is 0 Å². The van der Waals surface area contributed by atoms with Gasteiger partial charge in [-0.1, -0.05) is 6.07 Å². The summed E-state index contributed by atoms with van der Waals surface area (Å²) in [6, 6.07) is 10.2. The van der Waals surface area contributed by atoms with Crippen LogP contribution in [0.5, 0.6) is 5.88 Å². The van der Waals surface area contributed by atoms with Crippen molar-refractivity contribution in [3.05, 3.63) is 54.5 Å². The third-order valence-corrected chi connectivity index (χ3v) is 5.36. The molecular formula is C15H15FN2O3S. The van der Waals surface area contributed by atoms with Crippen molar-refractivity contribution in [1.29, 1.82) is 0 Å². The number of sulfonamides is 1. The molecule has 0 saturated carbocycles. The zero-order valence-electron chi connectivity index (χ0n) is 11.7. The van der Waals surface area contributed by atoms with Crippen LogP contribution in [0.2, 0.25) is 0 Å². The third-order valence-electron chi connectivity index (χ3n) is 3.48. The van der Waals surface area contributed by atoms with Crippen molar-refractivity contribution in [2.75, 3.05) is 13.1 Å². The minimum atomic E-state index is -3.61. The first-order valence-corrected chi connectivity index (χ1v) is 8.33. The van der Waals surface area contributed by atoms with Gasteiger partial charge in [-0.2, -0.15) is 4.31 Å². The van der Waals surface area contributed by atoms with Crippen molar-refractivity contribution in [2.24, 2.45) is 0 Å². The number of pyridine rings is 1. The number of ether oxygens (including phenoxy) is 1. The molecule has 2 aromatic rings. The lowest BCUT2D eigenvalue weighted by molar-refractivity contribution is 0.207. The fourth-order valence-corrected chi connectivity index (χ4v) is 3.84. The smallest absolute Gasteiger partial charge is 0.243 e. The number of hydrogen-bond donors (Lipinski definition) is 0. The third kappa shape index (κ3) is 3.10. The first-order valence-electron chi connectivity index (χ1n) is 6.89. The maximum absolute atomic E-state index is 12.9. The molecule has 0 aliphatic carbocycles. The summed E-state index contributed by atoms with van der Waals surface area (Å²) in [6.45, 7) is 0.632. The molecule has 1 unspecified atom stereocenters. The molecule has 2 heterocycles. The van der Waals surface area contributed by atoms with E-state index in [0.717, 1.165) is 12.1 Å². The molecule has 1 saturated heterocycles. The largest absolute Gasteiger partial charge is 0.473 e. The molecule has 5 nitrogen and oxygen atoms in total. The van der Waals surface area contributed by atoms with Crippen LogP contribution in [0, 0.1) is 5.82 Å². The second-order valence-corrected chi connectivity index (χ2v) is 6.95. The summed E-state index contributed by atoms with van der Waals surface area (Å²) in [5, 5.41) is 0. The average molecular weight is 322 g/mol. The normalized spacial score (nSPS) is 19.2. The zero-order chi connectivity index (χ0) is 15.6. The number of hydrogen-bond acceptors (Lipinski definition) is 4. The summed E-state index contributed by atoms with van der Waals surface area (Å²) in [4.78, 5) is 4.16. The molecule has 1 atom stereocenters. The average Bonchev–Trinajstić information content (AvgIpc) is 2.98. The zero-order valence-corrected chi connectivity index (χ0v) is 12.5. The Morgan fingerprint density at radius 3 is 2.64 bits per heavy atom. The molecule has 0 bridgehead atoms. The van der Waals surface area contributed by atoms with Crippen molar-refractivity contribution < 1.29 is 17.5 Å². The molecule has 7 heteroatoms. The molecule has 0 N–H and O–H groups in total. The molecule has 1 fully saturated rings. The second kappa shape index (κ2) is 6.02. The highest BCUT2D eigenvalue weighted by molar-refractivity contribution is 7.89. The lowest BCUT2D eigenvalue weighted by atomic mass is 10.3. The fraction of sp³-hybridized carbons (Fsp3) is 0.267. The van der Waals surface area contributed by atoms with Gasteiger partial charge in [0.25, 0.3) is 0 Å². The van der Waals surface area contributed by atoms with Crippen LogP contribution in [-0.2, 0) is 10.0 Å². The highest BCUT2D eigenvalue weighted by Gasteiger charge is 2.33. The Morgan fingerprint density at radius 1 is 1.18 bits per heavy atom. The molecule has 1 aromatic carbocycles. The molecule has 1 aliphatic heterocycles. The highest BCUT2D eigenvalue weighted by Crippen LogP contribution is 2.23. The van der Waals surface area contributed by atoms with Crippen LogP contribution >= 0.6 is 0 Å². The summed E-state index contributed by atoms with van der Waals surface area (Å²) in [5.41, 5.74) is 0. The van der Waals surface area contributed by atoms with E-state index in [9.17, 15) is 12.8 Å². The van der Waals surface area contributed by atoms with Crippen molar-refractivity contribution in [3.8, 4) is 5.88 Å². The van der Waals surface area contributed by atoms with Gasteiger partial charge >= 0.3 is 0 Å².